The predicted molar refractivity (Wildman–Crippen MR) is 145 cm³/mol. The molecule has 1 aliphatic rings. The minimum absolute atomic E-state index is 0. The summed E-state index contributed by atoms with van der Waals surface area (Å²) < 4.78 is 2.30. The normalized spacial score (nSPS) is 14.1. The molecule has 34 heavy (non-hydrogen) atoms. The first kappa shape index (κ1) is 29.1. The van der Waals surface area contributed by atoms with Crippen LogP contribution in [0, 0.1) is 11.2 Å². The van der Waals surface area contributed by atoms with E-state index in [0.717, 1.165) is 43.8 Å². The predicted octanol–water partition coefficient (Wildman–Crippen LogP) is 7.42. The summed E-state index contributed by atoms with van der Waals surface area (Å²) in [7, 11) is 0. The molecule has 2 aromatic heterocycles. The summed E-state index contributed by atoms with van der Waals surface area (Å²) in [6.07, 6.45) is 8.21. The molecule has 1 aliphatic heterocycles. The van der Waals surface area contributed by atoms with Crippen molar-refractivity contribution in [2.45, 2.75) is 92.3 Å². The number of hydrogen-bond donors (Lipinski definition) is 0. The molecule has 0 bridgehead atoms. The molecular weight excluding hydrogens is 421 g/mol. The molecule has 182 valence electrons. The van der Waals surface area contributed by atoms with Crippen LogP contribution in [0.2, 0.25) is 12.6 Å². The number of aldehydes is 1. The molecule has 1 atom stereocenters. The van der Waals surface area contributed by atoms with E-state index in [4.69, 9.17) is 10.1 Å². The highest BCUT2D eigenvalue weighted by atomic mass is 16.1. The molecule has 0 spiro atoms. The van der Waals surface area contributed by atoms with Crippen molar-refractivity contribution >= 4 is 40.7 Å². The van der Waals surface area contributed by atoms with Gasteiger partial charge in [0.25, 0.3) is 6.71 Å². The highest BCUT2D eigenvalue weighted by Gasteiger charge is 2.26. The lowest BCUT2D eigenvalue weighted by Crippen LogP contribution is -2.18. The first-order chi connectivity index (χ1) is 16.0. The average molecular weight is 461 g/mol. The number of nitriles is 1. The number of nitrogens with zero attached hydrogens (tertiary/aromatic N) is 3. The average Bonchev–Trinajstić information content (AvgIpc) is 3.18. The van der Waals surface area contributed by atoms with Gasteiger partial charge in [-0.3, -0.25) is 0 Å². The standard InChI is InChI=1S/C23H26BN3O.C2H4O.C2H6.CH4/c1-16(5-6-17(2)28)27-22-8-7-19(18-9-11-24(15-25)12-10-18)14-21(22)20-4-3-13-26-23(20)27;1-2-3;1-2;/h3-4,7-8,13-14,16,18H,5-6,9-12H2,1-2H3;2H,1H3;1-2H3;1H4. The van der Waals surface area contributed by atoms with E-state index in [0.29, 0.717) is 12.3 Å². The fraction of sp³-hybridized carbons (Fsp3) is 0.500. The van der Waals surface area contributed by atoms with Crippen LogP contribution in [0.3, 0.4) is 0 Å². The van der Waals surface area contributed by atoms with E-state index < -0.39 is 0 Å². The summed E-state index contributed by atoms with van der Waals surface area (Å²) in [5, 5.41) is 11.6. The molecule has 6 heteroatoms. The third-order valence-electron chi connectivity index (χ3n) is 6.32. The molecular formula is C28H40BN3O2. The first-order valence-electron chi connectivity index (χ1n) is 12.2. The zero-order valence-electron chi connectivity index (χ0n) is 20.7. The van der Waals surface area contributed by atoms with Crippen LogP contribution in [0.4, 0.5) is 0 Å². The van der Waals surface area contributed by atoms with Crippen molar-refractivity contribution in [2.75, 3.05) is 0 Å². The summed E-state index contributed by atoms with van der Waals surface area (Å²) in [5.74, 6) is 3.20. The summed E-state index contributed by atoms with van der Waals surface area (Å²) >= 11 is 0. The lowest BCUT2D eigenvalue weighted by molar-refractivity contribution is -0.117. The van der Waals surface area contributed by atoms with Gasteiger partial charge in [0.15, 0.2) is 0 Å². The second-order valence-electron chi connectivity index (χ2n) is 8.52. The van der Waals surface area contributed by atoms with E-state index >= 15 is 0 Å². The quantitative estimate of drug-likeness (QED) is 0.293. The van der Waals surface area contributed by atoms with E-state index in [1.807, 2.05) is 26.1 Å². The van der Waals surface area contributed by atoms with Gasteiger partial charge in [-0.2, -0.15) is 0 Å². The zero-order valence-corrected chi connectivity index (χ0v) is 20.7. The van der Waals surface area contributed by atoms with Crippen LogP contribution >= 0.6 is 0 Å². The van der Waals surface area contributed by atoms with Crippen LogP contribution in [0.15, 0.2) is 36.5 Å². The number of benzene rings is 1. The van der Waals surface area contributed by atoms with Crippen LogP contribution < -0.4 is 0 Å². The number of Topliss-reactive ketones (excluding diaryl/α,β-unsaturated/α-hetero) is 1. The van der Waals surface area contributed by atoms with Crippen LogP contribution in [-0.2, 0) is 9.59 Å². The van der Waals surface area contributed by atoms with Gasteiger partial charge < -0.3 is 14.2 Å². The van der Waals surface area contributed by atoms with Crippen LogP contribution in [0.5, 0.6) is 0 Å². The largest absolute Gasteiger partial charge is 0.322 e. The minimum Gasteiger partial charge on any atom is -0.322 e. The van der Waals surface area contributed by atoms with Crippen molar-refractivity contribution in [1.29, 1.82) is 5.26 Å². The van der Waals surface area contributed by atoms with Crippen molar-refractivity contribution in [3.05, 3.63) is 42.1 Å². The molecule has 0 aliphatic carbocycles. The van der Waals surface area contributed by atoms with Crippen molar-refractivity contribution < 1.29 is 9.59 Å². The monoisotopic (exact) mass is 461 g/mol. The van der Waals surface area contributed by atoms with Gasteiger partial charge in [-0.1, -0.05) is 52.8 Å². The van der Waals surface area contributed by atoms with E-state index in [-0.39, 0.29) is 26.0 Å². The van der Waals surface area contributed by atoms with Gasteiger partial charge in [0, 0.05) is 35.4 Å². The van der Waals surface area contributed by atoms with Gasteiger partial charge in [0.1, 0.15) is 17.7 Å². The molecule has 1 aromatic carbocycles. The fourth-order valence-corrected chi connectivity index (χ4v) is 4.69. The van der Waals surface area contributed by atoms with Crippen LogP contribution in [0.1, 0.15) is 85.3 Å². The number of carbonyl (C=O) groups excluding carboxylic acids is 2. The molecule has 3 aromatic rings. The van der Waals surface area contributed by atoms with Gasteiger partial charge >= 0.3 is 0 Å². The lowest BCUT2D eigenvalue weighted by Gasteiger charge is -2.23. The maximum absolute atomic E-state index is 11.5. The number of ketones is 1. The third kappa shape index (κ3) is 6.79. The second kappa shape index (κ2) is 14.4. The molecule has 0 radical (unpaired) electrons. The molecule has 0 amide bonds. The second-order valence-corrected chi connectivity index (χ2v) is 8.52. The summed E-state index contributed by atoms with van der Waals surface area (Å²) in [5.41, 5.74) is 3.57. The zero-order chi connectivity index (χ0) is 24.4. The first-order valence-corrected chi connectivity index (χ1v) is 12.2. The third-order valence-corrected chi connectivity index (χ3v) is 6.32. The Bertz CT molecular complexity index is 1110. The summed E-state index contributed by atoms with van der Waals surface area (Å²) in [4.78, 5) is 24.9. The van der Waals surface area contributed by atoms with Gasteiger partial charge in [-0.25, -0.2) is 10.2 Å². The van der Waals surface area contributed by atoms with Gasteiger partial charge in [-0.05, 0) is 62.9 Å². The van der Waals surface area contributed by atoms with Gasteiger partial charge in [0.05, 0.1) is 5.52 Å². The maximum atomic E-state index is 11.5. The van der Waals surface area contributed by atoms with Crippen LogP contribution in [-0.4, -0.2) is 28.3 Å². The number of aromatic nitrogens is 2. The van der Waals surface area contributed by atoms with Gasteiger partial charge in [-0.15, -0.1) is 0 Å². The smallest absolute Gasteiger partial charge is 0.267 e. The Morgan fingerprint density at radius 1 is 1.26 bits per heavy atom. The number of pyridine rings is 1. The van der Waals surface area contributed by atoms with Crippen molar-refractivity contribution in [1.82, 2.24) is 9.55 Å². The topological polar surface area (TPSA) is 75.8 Å². The molecule has 1 unspecified atom stereocenters. The number of rotatable bonds is 5. The highest BCUT2D eigenvalue weighted by Crippen LogP contribution is 2.38. The Hall–Kier alpha value is -2.94. The maximum Gasteiger partial charge on any atom is 0.267 e. The molecule has 3 heterocycles. The van der Waals surface area contributed by atoms with E-state index in [1.165, 1.54) is 28.8 Å². The Morgan fingerprint density at radius 2 is 1.91 bits per heavy atom. The van der Waals surface area contributed by atoms with Crippen molar-refractivity contribution in [3.63, 3.8) is 0 Å². The summed E-state index contributed by atoms with van der Waals surface area (Å²) in [6.45, 7) is 9.51. The lowest BCUT2D eigenvalue weighted by atomic mass is 9.41. The van der Waals surface area contributed by atoms with Crippen LogP contribution in [0.25, 0.3) is 21.9 Å². The minimum atomic E-state index is 0. The number of hydrogen-bond acceptors (Lipinski definition) is 4. The Labute approximate surface area is 205 Å². The number of fused-ring (bicyclic) bond motifs is 3. The summed E-state index contributed by atoms with van der Waals surface area (Å²) in [6, 6.07) is 11.2. The molecule has 0 N–H and O–H groups in total. The van der Waals surface area contributed by atoms with Gasteiger partial charge in [0.2, 0.25) is 0 Å². The Kier molecular flexibility index (Phi) is 12.3. The Balaban J connectivity index is 0.000000895. The number of carbonyl (C=O) groups is 2. The molecule has 1 saturated heterocycles. The van der Waals surface area contributed by atoms with E-state index in [1.54, 1.807) is 6.92 Å². The highest BCUT2D eigenvalue weighted by molar-refractivity contribution is 6.67. The molecule has 1 fully saturated rings. The SMILES string of the molecule is C.CC.CC(=O)CCC(C)n1c2ccc(C3CCB(C#N)CC3)cc2c2cccnc21.CC=O. The molecule has 0 saturated carbocycles. The van der Waals surface area contributed by atoms with E-state index in [2.05, 4.69) is 46.7 Å². The van der Waals surface area contributed by atoms with Crippen molar-refractivity contribution in [3.8, 4) is 5.97 Å². The fourth-order valence-electron chi connectivity index (χ4n) is 4.69. The molecule has 5 nitrogen and oxygen atoms in total. The van der Waals surface area contributed by atoms with E-state index in [9.17, 15) is 4.79 Å². The molecule has 4 rings (SSSR count). The Morgan fingerprint density at radius 3 is 2.50 bits per heavy atom. The van der Waals surface area contributed by atoms with Crippen molar-refractivity contribution in [2.24, 2.45) is 0 Å².